The van der Waals surface area contributed by atoms with Crippen molar-refractivity contribution in [2.75, 3.05) is 13.2 Å². The number of nitro benzene ring substituents is 1. The lowest BCUT2D eigenvalue weighted by molar-refractivity contribution is -0.385. The summed E-state index contributed by atoms with van der Waals surface area (Å²) in [5, 5.41) is 10.7. The first-order valence-corrected chi connectivity index (χ1v) is 6.82. The third-order valence-electron chi connectivity index (χ3n) is 3.00. The number of hydrogen-bond acceptors (Lipinski definition) is 4. The van der Waals surface area contributed by atoms with Crippen LogP contribution in [0.3, 0.4) is 0 Å². The first kappa shape index (κ1) is 15.8. The molecule has 0 amide bonds. The van der Waals surface area contributed by atoms with E-state index in [9.17, 15) is 14.5 Å². The van der Waals surface area contributed by atoms with Crippen molar-refractivity contribution in [2.24, 2.45) is 0 Å². The maximum Gasteiger partial charge on any atom is 0.272 e. The minimum Gasteiger partial charge on any atom is -0.493 e. The molecule has 0 aliphatic carbocycles. The highest BCUT2D eigenvalue weighted by atomic mass is 19.1. The first-order valence-electron chi connectivity index (χ1n) is 6.82. The highest BCUT2D eigenvalue weighted by Crippen LogP contribution is 2.23. The fourth-order valence-electron chi connectivity index (χ4n) is 1.89. The minimum atomic E-state index is -0.421. The lowest BCUT2D eigenvalue weighted by Crippen LogP contribution is -2.05. The second-order valence-corrected chi connectivity index (χ2v) is 4.71. The Labute approximate surface area is 127 Å². The van der Waals surface area contributed by atoms with Crippen LogP contribution < -0.4 is 9.47 Å². The van der Waals surface area contributed by atoms with E-state index in [1.54, 1.807) is 31.2 Å². The van der Waals surface area contributed by atoms with Crippen molar-refractivity contribution in [1.29, 1.82) is 0 Å². The fourth-order valence-corrected chi connectivity index (χ4v) is 1.89. The van der Waals surface area contributed by atoms with Crippen LogP contribution in [-0.2, 0) is 0 Å². The Balaban J connectivity index is 1.73. The second kappa shape index (κ2) is 7.40. The average Bonchev–Trinajstić information content (AvgIpc) is 2.48. The second-order valence-electron chi connectivity index (χ2n) is 4.71. The van der Waals surface area contributed by atoms with Crippen LogP contribution in [-0.4, -0.2) is 18.1 Å². The van der Waals surface area contributed by atoms with Crippen molar-refractivity contribution in [2.45, 2.75) is 13.3 Å². The van der Waals surface area contributed by atoms with Gasteiger partial charge in [-0.1, -0.05) is 0 Å². The van der Waals surface area contributed by atoms with Crippen LogP contribution in [0.5, 0.6) is 11.5 Å². The van der Waals surface area contributed by atoms with E-state index in [4.69, 9.17) is 9.47 Å². The summed E-state index contributed by atoms with van der Waals surface area (Å²) in [5.41, 5.74) is 0.636. The number of ether oxygens (including phenoxy) is 2. The third kappa shape index (κ3) is 4.44. The zero-order valence-corrected chi connectivity index (χ0v) is 12.1. The zero-order chi connectivity index (χ0) is 15.9. The number of hydrogen-bond donors (Lipinski definition) is 0. The molecular weight excluding hydrogens is 289 g/mol. The van der Waals surface area contributed by atoms with Gasteiger partial charge in [-0.2, -0.15) is 0 Å². The van der Waals surface area contributed by atoms with Gasteiger partial charge in [-0.05, 0) is 43.3 Å². The fraction of sp³-hybridized carbons (Fsp3) is 0.250. The van der Waals surface area contributed by atoms with Gasteiger partial charge in [-0.3, -0.25) is 10.1 Å². The lowest BCUT2D eigenvalue weighted by Gasteiger charge is -2.08. The third-order valence-corrected chi connectivity index (χ3v) is 3.00. The normalized spacial score (nSPS) is 10.3. The number of nitrogens with zero attached hydrogens (tertiary/aromatic N) is 1. The average molecular weight is 305 g/mol. The van der Waals surface area contributed by atoms with E-state index < -0.39 is 4.92 Å². The summed E-state index contributed by atoms with van der Waals surface area (Å²) in [5.74, 6) is 0.890. The summed E-state index contributed by atoms with van der Waals surface area (Å²) < 4.78 is 23.7. The molecular formula is C16H16FNO4. The standard InChI is InChI=1S/C16H16FNO4/c1-12-11-15(7-8-16(12)18(19)20)22-10-2-9-21-14-5-3-13(17)4-6-14/h3-8,11H,2,9-10H2,1H3. The molecule has 2 aromatic carbocycles. The molecule has 0 bridgehead atoms. The Bertz CT molecular complexity index is 643. The summed E-state index contributed by atoms with van der Waals surface area (Å²) in [6.07, 6.45) is 0.646. The summed E-state index contributed by atoms with van der Waals surface area (Å²) >= 11 is 0. The highest BCUT2D eigenvalue weighted by Gasteiger charge is 2.10. The van der Waals surface area contributed by atoms with Crippen molar-refractivity contribution in [3.8, 4) is 11.5 Å². The monoisotopic (exact) mass is 305 g/mol. The van der Waals surface area contributed by atoms with E-state index in [1.807, 2.05) is 0 Å². The van der Waals surface area contributed by atoms with Crippen LogP contribution in [0, 0.1) is 22.9 Å². The Morgan fingerprint density at radius 2 is 1.64 bits per heavy atom. The maximum absolute atomic E-state index is 12.7. The summed E-state index contributed by atoms with van der Waals surface area (Å²) in [6.45, 7) is 2.54. The SMILES string of the molecule is Cc1cc(OCCCOc2ccc(F)cc2)ccc1[N+](=O)[O-]. The van der Waals surface area contributed by atoms with E-state index in [1.165, 1.54) is 18.2 Å². The van der Waals surface area contributed by atoms with Crippen LogP contribution in [0.4, 0.5) is 10.1 Å². The molecule has 0 aliphatic heterocycles. The maximum atomic E-state index is 12.7. The van der Waals surface area contributed by atoms with E-state index in [0.29, 0.717) is 36.7 Å². The van der Waals surface area contributed by atoms with Crippen molar-refractivity contribution < 1.29 is 18.8 Å². The molecule has 0 aromatic heterocycles. The predicted octanol–water partition coefficient (Wildman–Crippen LogP) is 3.89. The molecule has 0 heterocycles. The topological polar surface area (TPSA) is 61.6 Å². The summed E-state index contributed by atoms with van der Waals surface area (Å²) in [4.78, 5) is 10.3. The molecule has 0 aliphatic rings. The Kier molecular flexibility index (Phi) is 5.30. The van der Waals surface area contributed by atoms with Crippen molar-refractivity contribution >= 4 is 5.69 Å². The largest absolute Gasteiger partial charge is 0.493 e. The van der Waals surface area contributed by atoms with Crippen molar-refractivity contribution in [3.63, 3.8) is 0 Å². The summed E-state index contributed by atoms with van der Waals surface area (Å²) in [7, 11) is 0. The van der Waals surface area contributed by atoms with E-state index in [2.05, 4.69) is 0 Å². The molecule has 2 aromatic rings. The number of aryl methyl sites for hydroxylation is 1. The van der Waals surface area contributed by atoms with Gasteiger partial charge in [0.05, 0.1) is 18.1 Å². The van der Waals surface area contributed by atoms with Gasteiger partial charge in [0.1, 0.15) is 17.3 Å². The zero-order valence-electron chi connectivity index (χ0n) is 12.1. The van der Waals surface area contributed by atoms with Crippen LogP contribution in [0.2, 0.25) is 0 Å². The predicted molar refractivity (Wildman–Crippen MR) is 79.8 cm³/mol. The number of halogens is 1. The quantitative estimate of drug-likeness (QED) is 0.442. The highest BCUT2D eigenvalue weighted by molar-refractivity contribution is 5.44. The molecule has 0 atom stereocenters. The smallest absolute Gasteiger partial charge is 0.272 e. The molecule has 6 heteroatoms. The van der Waals surface area contributed by atoms with Gasteiger partial charge in [0.25, 0.3) is 5.69 Å². The van der Waals surface area contributed by atoms with Crippen molar-refractivity contribution in [1.82, 2.24) is 0 Å². The first-order chi connectivity index (χ1) is 10.6. The Morgan fingerprint density at radius 3 is 2.23 bits per heavy atom. The molecule has 0 unspecified atom stereocenters. The Hall–Kier alpha value is -2.63. The summed E-state index contributed by atoms with van der Waals surface area (Å²) in [6, 6.07) is 10.5. The number of nitro groups is 1. The molecule has 2 rings (SSSR count). The number of rotatable bonds is 7. The van der Waals surface area contributed by atoms with Gasteiger partial charge in [0.15, 0.2) is 0 Å². The number of benzene rings is 2. The van der Waals surface area contributed by atoms with Crippen LogP contribution in [0.25, 0.3) is 0 Å². The molecule has 5 nitrogen and oxygen atoms in total. The van der Waals surface area contributed by atoms with Crippen LogP contribution in [0.1, 0.15) is 12.0 Å². The molecule has 22 heavy (non-hydrogen) atoms. The van der Waals surface area contributed by atoms with Gasteiger partial charge in [0.2, 0.25) is 0 Å². The molecule has 0 spiro atoms. The van der Waals surface area contributed by atoms with Gasteiger partial charge in [0, 0.05) is 18.1 Å². The van der Waals surface area contributed by atoms with Crippen molar-refractivity contribution in [3.05, 3.63) is 64.0 Å². The van der Waals surface area contributed by atoms with Crippen LogP contribution in [0.15, 0.2) is 42.5 Å². The van der Waals surface area contributed by atoms with E-state index >= 15 is 0 Å². The molecule has 116 valence electrons. The minimum absolute atomic E-state index is 0.0759. The van der Waals surface area contributed by atoms with Gasteiger partial charge in [-0.15, -0.1) is 0 Å². The van der Waals surface area contributed by atoms with Crippen LogP contribution >= 0.6 is 0 Å². The van der Waals surface area contributed by atoms with Gasteiger partial charge >= 0.3 is 0 Å². The lowest BCUT2D eigenvalue weighted by atomic mass is 10.2. The molecule has 0 N–H and O–H groups in total. The molecule has 0 radical (unpaired) electrons. The molecule has 0 saturated carbocycles. The Morgan fingerprint density at radius 1 is 1.05 bits per heavy atom. The van der Waals surface area contributed by atoms with E-state index in [0.717, 1.165) is 0 Å². The van der Waals surface area contributed by atoms with E-state index in [-0.39, 0.29) is 11.5 Å². The van der Waals surface area contributed by atoms with Gasteiger partial charge in [-0.25, -0.2) is 4.39 Å². The molecule has 0 saturated heterocycles. The molecule has 0 fully saturated rings. The van der Waals surface area contributed by atoms with Gasteiger partial charge < -0.3 is 9.47 Å².